The van der Waals surface area contributed by atoms with E-state index in [0.29, 0.717) is 0 Å². The second-order valence-electron chi connectivity index (χ2n) is 3.72. The van der Waals surface area contributed by atoms with Crippen LogP contribution in [0.25, 0.3) is 0 Å². The van der Waals surface area contributed by atoms with Gasteiger partial charge in [0, 0.05) is 19.1 Å². The van der Waals surface area contributed by atoms with Crippen molar-refractivity contribution in [3.05, 3.63) is 0 Å². The van der Waals surface area contributed by atoms with E-state index < -0.39 is 0 Å². The third kappa shape index (κ3) is 2.76. The largest absolute Gasteiger partial charge is 0.318 e. The molecule has 0 aromatic rings. The Hall–Kier alpha value is -0.0800. The van der Waals surface area contributed by atoms with E-state index in [-0.39, 0.29) is 0 Å². The lowest BCUT2D eigenvalue weighted by Crippen LogP contribution is -2.34. The van der Waals surface area contributed by atoms with Gasteiger partial charge in [0.2, 0.25) is 0 Å². The minimum absolute atomic E-state index is 0.892. The first-order chi connectivity index (χ1) is 5.88. The van der Waals surface area contributed by atoms with Crippen LogP contribution in [-0.2, 0) is 0 Å². The van der Waals surface area contributed by atoms with Crippen molar-refractivity contribution in [1.82, 2.24) is 10.2 Å². The summed E-state index contributed by atoms with van der Waals surface area (Å²) in [5, 5.41) is 3.22. The predicted octanol–water partition coefficient (Wildman–Crippen LogP) is 1.47. The van der Waals surface area contributed by atoms with Gasteiger partial charge in [-0.3, -0.25) is 4.90 Å². The quantitative estimate of drug-likeness (QED) is 0.672. The number of likely N-dealkylation sites (N-methyl/N-ethyl adjacent to an activating group) is 1. The Morgan fingerprint density at radius 2 is 2.33 bits per heavy atom. The van der Waals surface area contributed by atoms with Crippen LogP contribution in [0.1, 0.15) is 32.6 Å². The summed E-state index contributed by atoms with van der Waals surface area (Å²) in [4.78, 5) is 2.64. The van der Waals surface area contributed by atoms with Crippen molar-refractivity contribution in [2.45, 2.75) is 38.6 Å². The summed E-state index contributed by atoms with van der Waals surface area (Å²) >= 11 is 0. The number of hydrogen-bond acceptors (Lipinski definition) is 2. The first kappa shape index (κ1) is 10.0. The molecule has 12 heavy (non-hydrogen) atoms. The topological polar surface area (TPSA) is 15.3 Å². The maximum Gasteiger partial charge on any atom is 0.0110 e. The van der Waals surface area contributed by atoms with Crippen LogP contribution in [0.15, 0.2) is 0 Å². The highest BCUT2D eigenvalue weighted by atomic mass is 15.2. The summed E-state index contributed by atoms with van der Waals surface area (Å²) in [6.45, 7) is 5.99. The molecule has 1 heterocycles. The van der Waals surface area contributed by atoms with Crippen LogP contribution in [0, 0.1) is 0 Å². The highest BCUT2D eigenvalue weighted by Gasteiger charge is 2.22. The number of rotatable bonds is 5. The predicted molar refractivity (Wildman–Crippen MR) is 53.4 cm³/mol. The summed E-state index contributed by atoms with van der Waals surface area (Å²) in [6.07, 6.45) is 5.57. The van der Waals surface area contributed by atoms with Crippen molar-refractivity contribution in [1.29, 1.82) is 0 Å². The molecule has 72 valence electrons. The zero-order chi connectivity index (χ0) is 8.81. The third-order valence-corrected chi connectivity index (χ3v) is 2.77. The monoisotopic (exact) mass is 170 g/mol. The fraction of sp³-hybridized carbons (Fsp3) is 1.00. The van der Waals surface area contributed by atoms with Gasteiger partial charge in [0.25, 0.3) is 0 Å². The van der Waals surface area contributed by atoms with Crippen molar-refractivity contribution in [2.75, 3.05) is 26.7 Å². The summed E-state index contributed by atoms with van der Waals surface area (Å²) in [7, 11) is 2.03. The lowest BCUT2D eigenvalue weighted by molar-refractivity contribution is 0.243. The smallest absolute Gasteiger partial charge is 0.0110 e. The summed E-state index contributed by atoms with van der Waals surface area (Å²) in [5.74, 6) is 0. The second kappa shape index (κ2) is 5.55. The molecule has 0 aliphatic carbocycles. The van der Waals surface area contributed by atoms with Crippen LogP contribution < -0.4 is 5.32 Å². The van der Waals surface area contributed by atoms with E-state index in [2.05, 4.69) is 17.1 Å². The number of nitrogens with one attached hydrogen (secondary N) is 1. The first-order valence-corrected chi connectivity index (χ1v) is 5.27. The third-order valence-electron chi connectivity index (χ3n) is 2.77. The van der Waals surface area contributed by atoms with Crippen LogP contribution in [0.4, 0.5) is 0 Å². The van der Waals surface area contributed by atoms with Crippen LogP contribution in [-0.4, -0.2) is 37.6 Å². The number of nitrogens with zero attached hydrogens (tertiary/aromatic N) is 1. The second-order valence-corrected chi connectivity index (χ2v) is 3.72. The Morgan fingerprint density at radius 3 is 3.00 bits per heavy atom. The van der Waals surface area contributed by atoms with Crippen molar-refractivity contribution < 1.29 is 0 Å². The molecular weight excluding hydrogens is 148 g/mol. The standard InChI is InChI=1S/C10H22N2/c1-3-5-10-6-4-8-12(10)9-7-11-2/h10-11H,3-9H2,1-2H3/t10-/m1/s1. The lowest BCUT2D eigenvalue weighted by atomic mass is 10.1. The molecule has 1 fully saturated rings. The average molecular weight is 170 g/mol. The van der Waals surface area contributed by atoms with Crippen LogP contribution in [0.5, 0.6) is 0 Å². The van der Waals surface area contributed by atoms with Crippen LogP contribution >= 0.6 is 0 Å². The molecule has 0 saturated carbocycles. The Kier molecular flexibility index (Phi) is 4.62. The van der Waals surface area contributed by atoms with Gasteiger partial charge in [-0.05, 0) is 32.9 Å². The molecule has 1 atom stereocenters. The highest BCUT2D eigenvalue weighted by molar-refractivity contribution is 4.78. The molecule has 0 radical (unpaired) electrons. The number of likely N-dealkylation sites (tertiary alicyclic amines) is 1. The molecule has 1 saturated heterocycles. The molecular formula is C10H22N2. The molecule has 1 N–H and O–H groups in total. The zero-order valence-electron chi connectivity index (χ0n) is 8.47. The van der Waals surface area contributed by atoms with Gasteiger partial charge < -0.3 is 5.32 Å². The van der Waals surface area contributed by atoms with Gasteiger partial charge >= 0.3 is 0 Å². The van der Waals surface area contributed by atoms with Gasteiger partial charge in [-0.1, -0.05) is 13.3 Å². The fourth-order valence-electron chi connectivity index (χ4n) is 2.11. The first-order valence-electron chi connectivity index (χ1n) is 5.27. The Balaban J connectivity index is 2.20. The molecule has 1 rings (SSSR count). The van der Waals surface area contributed by atoms with E-state index in [9.17, 15) is 0 Å². The summed E-state index contributed by atoms with van der Waals surface area (Å²) in [5.41, 5.74) is 0. The molecule has 1 aliphatic heterocycles. The van der Waals surface area contributed by atoms with Crippen molar-refractivity contribution in [2.24, 2.45) is 0 Å². The molecule has 0 aromatic heterocycles. The normalized spacial score (nSPS) is 25.0. The molecule has 2 heteroatoms. The van der Waals surface area contributed by atoms with Gasteiger partial charge in [-0.2, -0.15) is 0 Å². The van der Waals surface area contributed by atoms with Gasteiger partial charge in [0.1, 0.15) is 0 Å². The van der Waals surface area contributed by atoms with Gasteiger partial charge in [0.05, 0.1) is 0 Å². The van der Waals surface area contributed by atoms with E-state index in [4.69, 9.17) is 0 Å². The summed E-state index contributed by atoms with van der Waals surface area (Å²) in [6, 6.07) is 0.892. The highest BCUT2D eigenvalue weighted by Crippen LogP contribution is 2.20. The molecule has 0 bridgehead atoms. The molecule has 0 amide bonds. The minimum atomic E-state index is 0.892. The maximum atomic E-state index is 3.22. The van der Waals surface area contributed by atoms with Crippen LogP contribution in [0.2, 0.25) is 0 Å². The van der Waals surface area contributed by atoms with E-state index in [1.807, 2.05) is 7.05 Å². The number of hydrogen-bond donors (Lipinski definition) is 1. The maximum absolute atomic E-state index is 3.22. The SMILES string of the molecule is CCC[C@@H]1CCCN1CCNC. The molecule has 0 unspecified atom stereocenters. The zero-order valence-corrected chi connectivity index (χ0v) is 8.47. The molecule has 0 spiro atoms. The van der Waals surface area contributed by atoms with E-state index in [0.717, 1.165) is 12.6 Å². The fourth-order valence-corrected chi connectivity index (χ4v) is 2.11. The lowest BCUT2D eigenvalue weighted by Gasteiger charge is -2.23. The van der Waals surface area contributed by atoms with Crippen molar-refractivity contribution in [3.8, 4) is 0 Å². The van der Waals surface area contributed by atoms with E-state index in [1.54, 1.807) is 0 Å². The van der Waals surface area contributed by atoms with E-state index >= 15 is 0 Å². The molecule has 2 nitrogen and oxygen atoms in total. The Bertz CT molecular complexity index is 114. The summed E-state index contributed by atoms with van der Waals surface area (Å²) < 4.78 is 0. The molecule has 0 aromatic carbocycles. The van der Waals surface area contributed by atoms with E-state index in [1.165, 1.54) is 38.8 Å². The Labute approximate surface area is 76.3 Å². The van der Waals surface area contributed by atoms with Crippen molar-refractivity contribution >= 4 is 0 Å². The minimum Gasteiger partial charge on any atom is -0.318 e. The van der Waals surface area contributed by atoms with Gasteiger partial charge in [-0.15, -0.1) is 0 Å². The average Bonchev–Trinajstić information content (AvgIpc) is 2.50. The van der Waals surface area contributed by atoms with Crippen molar-refractivity contribution in [3.63, 3.8) is 0 Å². The van der Waals surface area contributed by atoms with Gasteiger partial charge in [-0.25, -0.2) is 0 Å². The molecule has 1 aliphatic rings. The van der Waals surface area contributed by atoms with Crippen LogP contribution in [0.3, 0.4) is 0 Å². The Morgan fingerprint density at radius 1 is 1.50 bits per heavy atom. The van der Waals surface area contributed by atoms with Gasteiger partial charge in [0.15, 0.2) is 0 Å².